The lowest BCUT2D eigenvalue weighted by atomic mass is 10.2. The minimum atomic E-state index is -0.162. The number of carbonyl (C=O) groups is 1. The summed E-state index contributed by atoms with van der Waals surface area (Å²) in [4.78, 5) is 16.6. The van der Waals surface area contributed by atoms with E-state index in [4.69, 9.17) is 20.8 Å². The van der Waals surface area contributed by atoms with E-state index < -0.39 is 0 Å². The van der Waals surface area contributed by atoms with Crippen LogP contribution in [0.1, 0.15) is 36.1 Å². The number of aromatic nitrogens is 2. The summed E-state index contributed by atoms with van der Waals surface area (Å²) >= 11 is 7.47. The van der Waals surface area contributed by atoms with E-state index in [9.17, 15) is 4.79 Å². The van der Waals surface area contributed by atoms with E-state index in [2.05, 4.69) is 10.2 Å². The molecular weight excluding hydrogens is 398 g/mol. The molecule has 0 radical (unpaired) electrons. The Balaban J connectivity index is 1.37. The van der Waals surface area contributed by atoms with Gasteiger partial charge in [0.1, 0.15) is 11.8 Å². The van der Waals surface area contributed by atoms with Crippen molar-refractivity contribution in [1.29, 1.82) is 0 Å². The Kier molecular flexibility index (Phi) is 5.64. The van der Waals surface area contributed by atoms with Crippen molar-refractivity contribution in [2.75, 3.05) is 13.2 Å². The molecule has 4 rings (SSSR count). The zero-order valence-corrected chi connectivity index (χ0v) is 17.0. The van der Waals surface area contributed by atoms with Crippen LogP contribution in [0.15, 0.2) is 40.8 Å². The number of hydrogen-bond acceptors (Lipinski definition) is 6. The molecule has 1 aliphatic heterocycles. The third kappa shape index (κ3) is 4.20. The van der Waals surface area contributed by atoms with Crippen molar-refractivity contribution in [1.82, 2.24) is 15.1 Å². The molecule has 1 unspecified atom stereocenters. The maximum Gasteiger partial charge on any atom is 0.257 e. The first kappa shape index (κ1) is 19.0. The minimum absolute atomic E-state index is 0.0307. The molecule has 1 saturated heterocycles. The van der Waals surface area contributed by atoms with Gasteiger partial charge >= 0.3 is 0 Å². The quantitative estimate of drug-likeness (QED) is 0.571. The number of rotatable bonds is 6. The van der Waals surface area contributed by atoms with Gasteiger partial charge in [-0.1, -0.05) is 11.6 Å². The molecule has 0 bridgehead atoms. The van der Waals surface area contributed by atoms with Gasteiger partial charge in [-0.2, -0.15) is 0 Å². The fourth-order valence-electron chi connectivity index (χ4n) is 3.27. The Labute approximate surface area is 172 Å². The topological polar surface area (TPSA) is 68.5 Å². The molecule has 8 heteroatoms. The molecule has 1 amide bonds. The highest BCUT2D eigenvalue weighted by atomic mass is 35.5. The predicted octanol–water partition coefficient (Wildman–Crippen LogP) is 4.89. The average molecular weight is 418 g/mol. The maximum atomic E-state index is 12.7. The summed E-state index contributed by atoms with van der Waals surface area (Å²) in [6.07, 6.45) is 2.05. The smallest absolute Gasteiger partial charge is 0.257 e. The lowest BCUT2D eigenvalue weighted by molar-refractivity contribution is -0.133. The lowest BCUT2D eigenvalue weighted by Crippen LogP contribution is -2.31. The van der Waals surface area contributed by atoms with Crippen LogP contribution < -0.4 is 4.74 Å². The largest absolute Gasteiger partial charge is 0.493 e. The van der Waals surface area contributed by atoms with E-state index in [0.717, 1.165) is 17.7 Å². The number of ether oxygens (including phenoxy) is 1. The summed E-state index contributed by atoms with van der Waals surface area (Å²) in [5.41, 5.74) is 0. The average Bonchev–Trinajstić information content (AvgIpc) is 3.42. The summed E-state index contributed by atoms with van der Waals surface area (Å²) in [5.74, 6) is 1.75. The van der Waals surface area contributed by atoms with Gasteiger partial charge in [-0.15, -0.1) is 21.5 Å². The van der Waals surface area contributed by atoms with Crippen LogP contribution >= 0.6 is 22.9 Å². The van der Waals surface area contributed by atoms with Crippen LogP contribution in [0.3, 0.4) is 0 Å². The molecule has 3 heterocycles. The molecule has 1 aliphatic rings. The Morgan fingerprint density at radius 2 is 2.11 bits per heavy atom. The van der Waals surface area contributed by atoms with Crippen molar-refractivity contribution in [2.24, 2.45) is 0 Å². The number of hydrogen-bond donors (Lipinski definition) is 0. The van der Waals surface area contributed by atoms with Crippen LogP contribution in [0.25, 0.3) is 10.8 Å². The van der Waals surface area contributed by atoms with Crippen molar-refractivity contribution >= 4 is 28.8 Å². The van der Waals surface area contributed by atoms with Gasteiger partial charge in [0.2, 0.25) is 11.8 Å². The van der Waals surface area contributed by atoms with Gasteiger partial charge in [0.05, 0.1) is 17.9 Å². The molecule has 2 aromatic heterocycles. The molecule has 28 heavy (non-hydrogen) atoms. The standard InChI is InChI=1S/C20H20ClN3O3S/c1-13-4-9-17(28-13)20-23-22-19(27-20)16-3-2-11-24(16)18(25)10-12-26-15-7-5-14(21)6-8-15/h4-9,16H,2-3,10-12H2,1H3. The predicted molar refractivity (Wildman–Crippen MR) is 108 cm³/mol. The molecule has 146 valence electrons. The highest BCUT2D eigenvalue weighted by Crippen LogP contribution is 2.34. The molecular formula is C20H20ClN3O3S. The fourth-order valence-corrected chi connectivity index (χ4v) is 4.19. The van der Waals surface area contributed by atoms with Gasteiger partial charge < -0.3 is 14.1 Å². The molecule has 0 aliphatic carbocycles. The lowest BCUT2D eigenvalue weighted by Gasteiger charge is -2.22. The Bertz CT molecular complexity index is 954. The van der Waals surface area contributed by atoms with Crippen molar-refractivity contribution in [3.05, 3.63) is 52.2 Å². The van der Waals surface area contributed by atoms with E-state index in [0.29, 0.717) is 42.1 Å². The van der Waals surface area contributed by atoms with E-state index in [-0.39, 0.29) is 11.9 Å². The molecule has 0 spiro atoms. The van der Waals surface area contributed by atoms with Crippen molar-refractivity contribution < 1.29 is 13.9 Å². The second kappa shape index (κ2) is 8.32. The van der Waals surface area contributed by atoms with Crippen LogP contribution in [0.5, 0.6) is 5.75 Å². The second-order valence-electron chi connectivity index (χ2n) is 6.65. The van der Waals surface area contributed by atoms with Gasteiger partial charge in [-0.05, 0) is 56.2 Å². The summed E-state index contributed by atoms with van der Waals surface area (Å²) in [5, 5.41) is 9.03. The molecule has 1 atom stereocenters. The summed E-state index contributed by atoms with van der Waals surface area (Å²) in [6.45, 7) is 3.04. The Hall–Kier alpha value is -2.38. The van der Waals surface area contributed by atoms with Crippen LogP contribution in [-0.4, -0.2) is 34.2 Å². The molecule has 0 saturated carbocycles. The van der Waals surface area contributed by atoms with Crippen molar-refractivity contribution in [3.63, 3.8) is 0 Å². The van der Waals surface area contributed by atoms with Crippen molar-refractivity contribution in [3.8, 4) is 16.5 Å². The Morgan fingerprint density at radius 1 is 1.29 bits per heavy atom. The van der Waals surface area contributed by atoms with Crippen LogP contribution in [0.2, 0.25) is 5.02 Å². The molecule has 1 aromatic carbocycles. The zero-order valence-electron chi connectivity index (χ0n) is 15.4. The number of nitrogens with zero attached hydrogens (tertiary/aromatic N) is 3. The molecule has 3 aromatic rings. The highest BCUT2D eigenvalue weighted by Gasteiger charge is 2.33. The fraction of sp³-hybridized carbons (Fsp3) is 0.350. The first-order valence-electron chi connectivity index (χ1n) is 9.18. The first-order chi connectivity index (χ1) is 13.6. The monoisotopic (exact) mass is 417 g/mol. The van der Waals surface area contributed by atoms with Crippen molar-refractivity contribution in [2.45, 2.75) is 32.2 Å². The van der Waals surface area contributed by atoms with E-state index in [1.54, 1.807) is 35.6 Å². The van der Waals surface area contributed by atoms with Gasteiger partial charge in [0.25, 0.3) is 5.89 Å². The van der Waals surface area contributed by atoms with E-state index in [1.165, 1.54) is 4.88 Å². The van der Waals surface area contributed by atoms with Crippen LogP contribution in [-0.2, 0) is 4.79 Å². The summed E-state index contributed by atoms with van der Waals surface area (Å²) < 4.78 is 11.5. The summed E-state index contributed by atoms with van der Waals surface area (Å²) in [7, 11) is 0. The number of halogens is 1. The van der Waals surface area contributed by atoms with Gasteiger partial charge in [-0.25, -0.2) is 0 Å². The normalized spacial score (nSPS) is 16.5. The molecule has 1 fully saturated rings. The zero-order chi connectivity index (χ0) is 19.5. The Morgan fingerprint density at radius 3 is 2.86 bits per heavy atom. The number of benzene rings is 1. The maximum absolute atomic E-state index is 12.7. The number of carbonyl (C=O) groups excluding carboxylic acids is 1. The van der Waals surface area contributed by atoms with Gasteiger partial charge in [0, 0.05) is 16.4 Å². The number of thiophene rings is 1. The summed E-state index contributed by atoms with van der Waals surface area (Å²) in [6, 6.07) is 10.9. The van der Waals surface area contributed by atoms with Gasteiger partial charge in [-0.3, -0.25) is 4.79 Å². The van der Waals surface area contributed by atoms with Crippen LogP contribution in [0.4, 0.5) is 0 Å². The third-order valence-electron chi connectivity index (χ3n) is 4.65. The second-order valence-corrected chi connectivity index (χ2v) is 8.38. The number of amides is 1. The molecule has 6 nitrogen and oxygen atoms in total. The number of aryl methyl sites for hydroxylation is 1. The first-order valence-corrected chi connectivity index (χ1v) is 10.4. The van der Waals surface area contributed by atoms with E-state index in [1.807, 2.05) is 24.0 Å². The number of likely N-dealkylation sites (tertiary alicyclic amines) is 1. The molecule has 0 N–H and O–H groups in total. The van der Waals surface area contributed by atoms with E-state index >= 15 is 0 Å². The van der Waals surface area contributed by atoms with Crippen LogP contribution in [0, 0.1) is 6.92 Å². The van der Waals surface area contributed by atoms with Gasteiger partial charge in [0.15, 0.2) is 0 Å². The highest BCUT2D eigenvalue weighted by molar-refractivity contribution is 7.15. The third-order valence-corrected chi connectivity index (χ3v) is 5.89. The minimum Gasteiger partial charge on any atom is -0.493 e. The SMILES string of the molecule is Cc1ccc(-c2nnc(C3CCCN3C(=O)CCOc3ccc(Cl)cc3)o2)s1.